The molecular formula is C21H29N3O4. The molecule has 0 spiro atoms. The van der Waals surface area contributed by atoms with Gasteiger partial charge in [0.15, 0.2) is 0 Å². The summed E-state index contributed by atoms with van der Waals surface area (Å²) in [7, 11) is 0. The minimum Gasteiger partial charge on any atom is -0.333 e. The zero-order valence-corrected chi connectivity index (χ0v) is 16.9. The fourth-order valence-electron chi connectivity index (χ4n) is 3.36. The van der Waals surface area contributed by atoms with Crippen molar-refractivity contribution in [3.05, 3.63) is 29.8 Å². The van der Waals surface area contributed by atoms with Crippen molar-refractivity contribution in [2.24, 2.45) is 0 Å². The minimum atomic E-state index is -0.472. The van der Waals surface area contributed by atoms with Crippen LogP contribution in [0.5, 0.6) is 0 Å². The molecular weight excluding hydrogens is 358 g/mol. The van der Waals surface area contributed by atoms with Crippen molar-refractivity contribution in [2.45, 2.75) is 53.0 Å². The van der Waals surface area contributed by atoms with Gasteiger partial charge in [-0.25, -0.2) is 0 Å². The Kier molecular flexibility index (Phi) is 7.72. The largest absolute Gasteiger partial charge is 0.333 e. The average molecular weight is 387 g/mol. The number of hydrogen-bond acceptors (Lipinski definition) is 4. The van der Waals surface area contributed by atoms with Gasteiger partial charge in [0.1, 0.15) is 0 Å². The molecule has 0 N–H and O–H groups in total. The van der Waals surface area contributed by atoms with E-state index in [9.17, 15) is 19.2 Å². The Morgan fingerprint density at radius 2 is 1.46 bits per heavy atom. The highest BCUT2D eigenvalue weighted by atomic mass is 16.2. The van der Waals surface area contributed by atoms with Crippen LogP contribution in [0.15, 0.2) is 24.3 Å². The summed E-state index contributed by atoms with van der Waals surface area (Å²) < 4.78 is 0. The first-order valence-electron chi connectivity index (χ1n) is 9.83. The molecule has 1 fully saturated rings. The van der Waals surface area contributed by atoms with Crippen LogP contribution in [0.25, 0.3) is 0 Å². The van der Waals surface area contributed by atoms with Crippen LogP contribution >= 0.6 is 0 Å². The third-order valence-corrected chi connectivity index (χ3v) is 4.88. The molecule has 0 radical (unpaired) electrons. The Bertz CT molecular complexity index is 716. The Morgan fingerprint density at radius 3 is 2.04 bits per heavy atom. The maximum Gasteiger partial charge on any atom is 0.312 e. The predicted octanol–water partition coefficient (Wildman–Crippen LogP) is 2.34. The topological polar surface area (TPSA) is 78.0 Å². The predicted molar refractivity (Wildman–Crippen MR) is 106 cm³/mol. The lowest BCUT2D eigenvalue weighted by Gasteiger charge is -2.34. The van der Waals surface area contributed by atoms with Crippen molar-refractivity contribution in [3.8, 4) is 0 Å². The van der Waals surface area contributed by atoms with Gasteiger partial charge >= 0.3 is 11.8 Å². The lowest BCUT2D eigenvalue weighted by Crippen LogP contribution is -2.54. The van der Waals surface area contributed by atoms with E-state index in [1.807, 2.05) is 0 Å². The van der Waals surface area contributed by atoms with Gasteiger partial charge in [0.25, 0.3) is 0 Å². The van der Waals surface area contributed by atoms with Crippen molar-refractivity contribution < 1.29 is 19.2 Å². The summed E-state index contributed by atoms with van der Waals surface area (Å²) in [4.78, 5) is 52.3. The summed E-state index contributed by atoms with van der Waals surface area (Å²) >= 11 is 0. The molecule has 28 heavy (non-hydrogen) atoms. The third kappa shape index (κ3) is 5.41. The second-order valence-corrected chi connectivity index (χ2v) is 7.12. The third-order valence-electron chi connectivity index (χ3n) is 4.88. The fraction of sp³-hybridized carbons (Fsp3) is 0.524. The summed E-state index contributed by atoms with van der Waals surface area (Å²) in [6.45, 7) is 6.83. The van der Waals surface area contributed by atoms with Gasteiger partial charge in [0, 0.05) is 40.0 Å². The quantitative estimate of drug-likeness (QED) is 0.507. The van der Waals surface area contributed by atoms with Crippen molar-refractivity contribution >= 4 is 29.3 Å². The van der Waals surface area contributed by atoms with Gasteiger partial charge in [-0.2, -0.15) is 0 Å². The van der Waals surface area contributed by atoms with Crippen LogP contribution in [-0.4, -0.2) is 53.1 Å². The summed E-state index contributed by atoms with van der Waals surface area (Å²) in [5.74, 6) is -1.61. The van der Waals surface area contributed by atoms with Crippen molar-refractivity contribution in [1.29, 1.82) is 0 Å². The standard InChI is InChI=1S/C21H29N3O4/c1-4-5-6-7-12-22-13-14-23(21(28)20(22)27)15-18-8-10-19(11-9-18)24(16(2)25)17(3)26/h8-11H,4-7,12-15H2,1-3H3. The van der Waals surface area contributed by atoms with Crippen molar-refractivity contribution in [3.63, 3.8) is 0 Å². The number of nitrogens with zero attached hydrogens (tertiary/aromatic N) is 3. The Morgan fingerprint density at radius 1 is 0.893 bits per heavy atom. The van der Waals surface area contributed by atoms with E-state index in [4.69, 9.17) is 0 Å². The maximum atomic E-state index is 12.4. The number of rotatable bonds is 8. The molecule has 0 saturated carbocycles. The van der Waals surface area contributed by atoms with E-state index >= 15 is 0 Å². The maximum absolute atomic E-state index is 12.4. The molecule has 0 unspecified atom stereocenters. The second-order valence-electron chi connectivity index (χ2n) is 7.12. The number of piperazine rings is 1. The number of benzene rings is 1. The summed E-state index contributed by atoms with van der Waals surface area (Å²) in [5.41, 5.74) is 1.33. The molecule has 2 rings (SSSR count). The molecule has 7 nitrogen and oxygen atoms in total. The Hall–Kier alpha value is -2.70. The summed E-state index contributed by atoms with van der Waals surface area (Å²) in [6, 6.07) is 6.88. The molecule has 1 aromatic carbocycles. The lowest BCUT2D eigenvalue weighted by molar-refractivity contribution is -0.156. The van der Waals surface area contributed by atoms with Crippen LogP contribution in [0.1, 0.15) is 52.0 Å². The normalized spacial score (nSPS) is 14.4. The summed E-state index contributed by atoms with van der Waals surface area (Å²) in [6.07, 6.45) is 4.28. The highest BCUT2D eigenvalue weighted by molar-refractivity contribution is 6.35. The van der Waals surface area contributed by atoms with E-state index in [1.54, 1.807) is 34.1 Å². The highest BCUT2D eigenvalue weighted by Crippen LogP contribution is 2.18. The molecule has 4 amide bonds. The van der Waals surface area contributed by atoms with E-state index in [-0.39, 0.29) is 11.8 Å². The number of unbranched alkanes of at least 4 members (excludes halogenated alkanes) is 3. The summed E-state index contributed by atoms with van der Waals surface area (Å²) in [5, 5.41) is 0. The van der Waals surface area contributed by atoms with Gasteiger partial charge in [-0.05, 0) is 24.1 Å². The molecule has 152 valence electrons. The zero-order chi connectivity index (χ0) is 20.7. The van der Waals surface area contributed by atoms with Gasteiger partial charge in [0.2, 0.25) is 11.8 Å². The monoisotopic (exact) mass is 387 g/mol. The fourth-order valence-corrected chi connectivity index (χ4v) is 3.36. The van der Waals surface area contributed by atoms with Crippen LogP contribution in [0.2, 0.25) is 0 Å². The van der Waals surface area contributed by atoms with Crippen LogP contribution < -0.4 is 4.90 Å². The van der Waals surface area contributed by atoms with Gasteiger partial charge < -0.3 is 9.80 Å². The molecule has 0 atom stereocenters. The molecule has 0 aliphatic carbocycles. The smallest absolute Gasteiger partial charge is 0.312 e. The molecule has 7 heteroatoms. The number of amides is 4. The van der Waals surface area contributed by atoms with E-state index in [0.717, 1.165) is 36.1 Å². The first-order chi connectivity index (χ1) is 13.3. The number of imide groups is 1. The van der Waals surface area contributed by atoms with Gasteiger partial charge in [-0.3, -0.25) is 24.1 Å². The van der Waals surface area contributed by atoms with Crippen LogP contribution in [0.4, 0.5) is 5.69 Å². The van der Waals surface area contributed by atoms with Gasteiger partial charge in [0.05, 0.1) is 5.69 Å². The SMILES string of the molecule is CCCCCCN1CCN(Cc2ccc(N(C(C)=O)C(C)=O)cc2)C(=O)C1=O. The van der Waals surface area contributed by atoms with E-state index in [1.165, 1.54) is 13.8 Å². The highest BCUT2D eigenvalue weighted by Gasteiger charge is 2.32. The van der Waals surface area contributed by atoms with Crippen LogP contribution in [0, 0.1) is 0 Å². The molecule has 1 aliphatic heterocycles. The Balaban J connectivity index is 1.95. The Labute approximate surface area is 166 Å². The average Bonchev–Trinajstić information content (AvgIpc) is 2.65. The molecule has 0 aromatic heterocycles. The van der Waals surface area contributed by atoms with Crippen molar-refractivity contribution in [1.82, 2.24) is 9.80 Å². The molecule has 1 heterocycles. The number of anilines is 1. The van der Waals surface area contributed by atoms with Crippen molar-refractivity contribution in [2.75, 3.05) is 24.5 Å². The lowest BCUT2D eigenvalue weighted by atomic mass is 10.1. The molecule has 1 saturated heterocycles. The molecule has 1 aromatic rings. The van der Waals surface area contributed by atoms with E-state index in [0.29, 0.717) is 31.9 Å². The van der Waals surface area contributed by atoms with Gasteiger partial charge in [-0.1, -0.05) is 38.3 Å². The minimum absolute atomic E-state index is 0.328. The number of carbonyl (C=O) groups is 4. The zero-order valence-electron chi connectivity index (χ0n) is 16.9. The molecule has 1 aliphatic rings. The van der Waals surface area contributed by atoms with Crippen LogP contribution in [0.3, 0.4) is 0 Å². The second kappa shape index (κ2) is 10.0. The first-order valence-corrected chi connectivity index (χ1v) is 9.83. The number of carbonyl (C=O) groups excluding carboxylic acids is 4. The number of hydrogen-bond donors (Lipinski definition) is 0. The van der Waals surface area contributed by atoms with Crippen LogP contribution in [-0.2, 0) is 25.7 Å². The van der Waals surface area contributed by atoms with E-state index < -0.39 is 11.8 Å². The van der Waals surface area contributed by atoms with E-state index in [2.05, 4.69) is 6.92 Å². The van der Waals surface area contributed by atoms with Gasteiger partial charge in [-0.15, -0.1) is 0 Å². The first kappa shape index (κ1) is 21.6. The molecule has 0 bridgehead atoms.